The van der Waals surface area contributed by atoms with E-state index in [-0.39, 0.29) is 5.91 Å². The molecular weight excluding hydrogens is 244 g/mol. The molecule has 0 saturated heterocycles. The maximum Gasteiger partial charge on any atom is 0.257 e. The van der Waals surface area contributed by atoms with Crippen LogP contribution in [0.1, 0.15) is 10.4 Å². The third kappa shape index (κ3) is 1.98. The van der Waals surface area contributed by atoms with Gasteiger partial charge in [0, 0.05) is 33.5 Å². The summed E-state index contributed by atoms with van der Waals surface area (Å²) in [5.41, 5.74) is 1.47. The highest BCUT2D eigenvalue weighted by Crippen LogP contribution is 2.26. The van der Waals surface area contributed by atoms with Gasteiger partial charge in [0.15, 0.2) is 0 Å². The highest BCUT2D eigenvalue weighted by molar-refractivity contribution is 7.17. The van der Waals surface area contributed by atoms with Gasteiger partial charge in [-0.05, 0) is 18.2 Å². The molecule has 0 radical (unpaired) electrons. The molecule has 3 nitrogen and oxygen atoms in total. The number of fused-ring (bicyclic) bond motifs is 1. The topological polar surface area (TPSA) is 42.0 Å². The van der Waals surface area contributed by atoms with E-state index in [0.29, 0.717) is 5.56 Å². The van der Waals surface area contributed by atoms with Crippen molar-refractivity contribution >= 4 is 33.0 Å². The average Bonchev–Trinajstić information content (AvgIpc) is 2.84. The molecule has 0 fully saturated rings. The Labute approximate surface area is 108 Å². The molecular formula is C14H10N2OS. The largest absolute Gasteiger partial charge is 0.322 e. The van der Waals surface area contributed by atoms with Crippen LogP contribution in [0.4, 0.5) is 5.69 Å². The van der Waals surface area contributed by atoms with Crippen molar-refractivity contribution in [2.45, 2.75) is 0 Å². The highest BCUT2D eigenvalue weighted by Gasteiger charge is 2.11. The summed E-state index contributed by atoms with van der Waals surface area (Å²) >= 11 is 1.58. The molecule has 0 saturated carbocycles. The fourth-order valence-corrected chi connectivity index (χ4v) is 2.73. The summed E-state index contributed by atoms with van der Waals surface area (Å²) in [5.74, 6) is -0.0846. The number of rotatable bonds is 2. The normalized spacial score (nSPS) is 10.4. The van der Waals surface area contributed by atoms with Crippen LogP contribution in [0.2, 0.25) is 0 Å². The number of nitrogens with one attached hydrogen (secondary N) is 1. The van der Waals surface area contributed by atoms with Crippen LogP contribution in [0.3, 0.4) is 0 Å². The van der Waals surface area contributed by atoms with Gasteiger partial charge in [0.05, 0.1) is 5.56 Å². The standard InChI is InChI=1S/C14H10N2OS/c17-14(16-10-5-7-15-8-6-10)12-9-18-13-4-2-1-3-11(12)13/h1-9H,(H,15,16,17). The summed E-state index contributed by atoms with van der Waals surface area (Å²) in [6.45, 7) is 0. The molecule has 4 heteroatoms. The van der Waals surface area contributed by atoms with Crippen molar-refractivity contribution in [2.75, 3.05) is 5.32 Å². The number of nitrogens with zero attached hydrogens (tertiary/aromatic N) is 1. The van der Waals surface area contributed by atoms with Crippen LogP contribution in [-0.4, -0.2) is 10.9 Å². The maximum absolute atomic E-state index is 12.2. The summed E-state index contributed by atoms with van der Waals surface area (Å²) in [4.78, 5) is 16.1. The third-order valence-electron chi connectivity index (χ3n) is 2.66. The van der Waals surface area contributed by atoms with E-state index in [0.717, 1.165) is 15.8 Å². The second-order valence-electron chi connectivity index (χ2n) is 3.84. The van der Waals surface area contributed by atoms with E-state index in [2.05, 4.69) is 10.3 Å². The minimum Gasteiger partial charge on any atom is -0.322 e. The van der Waals surface area contributed by atoms with Crippen molar-refractivity contribution in [1.82, 2.24) is 4.98 Å². The number of anilines is 1. The predicted molar refractivity (Wildman–Crippen MR) is 74.0 cm³/mol. The Kier molecular flexibility index (Phi) is 2.78. The van der Waals surface area contributed by atoms with Gasteiger partial charge >= 0.3 is 0 Å². The number of carbonyl (C=O) groups is 1. The van der Waals surface area contributed by atoms with Crippen LogP contribution in [0.25, 0.3) is 10.1 Å². The number of aromatic nitrogens is 1. The lowest BCUT2D eigenvalue weighted by Gasteiger charge is -2.03. The zero-order valence-electron chi connectivity index (χ0n) is 9.46. The fourth-order valence-electron chi connectivity index (χ4n) is 1.79. The Hall–Kier alpha value is -2.20. The average molecular weight is 254 g/mol. The Bertz CT molecular complexity index is 691. The lowest BCUT2D eigenvalue weighted by Crippen LogP contribution is -2.11. The molecule has 0 aliphatic carbocycles. The van der Waals surface area contributed by atoms with E-state index >= 15 is 0 Å². The summed E-state index contributed by atoms with van der Waals surface area (Å²) in [7, 11) is 0. The lowest BCUT2D eigenvalue weighted by molar-refractivity contribution is 0.102. The predicted octanol–water partition coefficient (Wildman–Crippen LogP) is 3.55. The van der Waals surface area contributed by atoms with Crippen LogP contribution >= 0.6 is 11.3 Å². The molecule has 0 spiro atoms. The van der Waals surface area contributed by atoms with E-state index in [1.807, 2.05) is 29.6 Å². The molecule has 0 atom stereocenters. The highest BCUT2D eigenvalue weighted by atomic mass is 32.1. The van der Waals surface area contributed by atoms with Gasteiger partial charge in [-0.3, -0.25) is 9.78 Å². The molecule has 1 aromatic carbocycles. The van der Waals surface area contributed by atoms with Crippen molar-refractivity contribution in [1.29, 1.82) is 0 Å². The summed E-state index contributed by atoms with van der Waals surface area (Å²) < 4.78 is 1.12. The van der Waals surface area contributed by atoms with Crippen LogP contribution in [-0.2, 0) is 0 Å². The molecule has 2 aromatic heterocycles. The van der Waals surface area contributed by atoms with E-state index in [1.165, 1.54) is 0 Å². The first-order valence-corrected chi connectivity index (χ1v) is 6.40. The third-order valence-corrected chi connectivity index (χ3v) is 3.63. The van der Waals surface area contributed by atoms with Gasteiger partial charge in [-0.2, -0.15) is 0 Å². The molecule has 18 heavy (non-hydrogen) atoms. The number of hydrogen-bond acceptors (Lipinski definition) is 3. The van der Waals surface area contributed by atoms with Crippen molar-refractivity contribution in [3.63, 3.8) is 0 Å². The van der Waals surface area contributed by atoms with Gasteiger partial charge in [0.25, 0.3) is 5.91 Å². The number of amides is 1. The van der Waals surface area contributed by atoms with Crippen molar-refractivity contribution in [3.05, 3.63) is 59.7 Å². The number of benzene rings is 1. The molecule has 2 heterocycles. The van der Waals surface area contributed by atoms with Crippen molar-refractivity contribution in [3.8, 4) is 0 Å². The molecule has 1 amide bonds. The van der Waals surface area contributed by atoms with E-state index < -0.39 is 0 Å². The molecule has 0 aliphatic rings. The van der Waals surface area contributed by atoms with Gasteiger partial charge in [-0.25, -0.2) is 0 Å². The second kappa shape index (κ2) is 4.58. The Morgan fingerprint density at radius 1 is 1.11 bits per heavy atom. The molecule has 0 unspecified atom stereocenters. The molecule has 0 aliphatic heterocycles. The van der Waals surface area contributed by atoms with Gasteiger partial charge < -0.3 is 5.32 Å². The molecule has 3 rings (SSSR count). The molecule has 1 N–H and O–H groups in total. The van der Waals surface area contributed by atoms with Gasteiger partial charge in [-0.1, -0.05) is 18.2 Å². The van der Waals surface area contributed by atoms with Crippen LogP contribution in [0, 0.1) is 0 Å². The van der Waals surface area contributed by atoms with E-state index in [4.69, 9.17) is 0 Å². The number of thiophene rings is 1. The van der Waals surface area contributed by atoms with Crippen LogP contribution in [0.15, 0.2) is 54.2 Å². The van der Waals surface area contributed by atoms with E-state index in [9.17, 15) is 4.79 Å². The monoisotopic (exact) mass is 254 g/mol. The minimum absolute atomic E-state index is 0.0846. The van der Waals surface area contributed by atoms with E-state index in [1.54, 1.807) is 35.9 Å². The number of pyridine rings is 1. The Morgan fingerprint density at radius 2 is 1.89 bits per heavy atom. The Balaban J connectivity index is 1.93. The van der Waals surface area contributed by atoms with Crippen LogP contribution < -0.4 is 5.32 Å². The van der Waals surface area contributed by atoms with Crippen molar-refractivity contribution < 1.29 is 4.79 Å². The maximum atomic E-state index is 12.2. The van der Waals surface area contributed by atoms with Gasteiger partial charge in [0.2, 0.25) is 0 Å². The van der Waals surface area contributed by atoms with Gasteiger partial charge in [-0.15, -0.1) is 11.3 Å². The summed E-state index contributed by atoms with van der Waals surface area (Å²) in [6.07, 6.45) is 3.31. The quantitative estimate of drug-likeness (QED) is 0.760. The minimum atomic E-state index is -0.0846. The zero-order valence-corrected chi connectivity index (χ0v) is 10.3. The first kappa shape index (κ1) is 10.9. The second-order valence-corrected chi connectivity index (χ2v) is 4.75. The van der Waals surface area contributed by atoms with Gasteiger partial charge in [0.1, 0.15) is 0 Å². The lowest BCUT2D eigenvalue weighted by atomic mass is 10.1. The molecule has 88 valence electrons. The summed E-state index contributed by atoms with van der Waals surface area (Å²) in [5, 5.41) is 5.75. The number of carbonyl (C=O) groups excluding carboxylic acids is 1. The zero-order chi connectivity index (χ0) is 12.4. The van der Waals surface area contributed by atoms with Crippen LogP contribution in [0.5, 0.6) is 0 Å². The molecule has 3 aromatic rings. The fraction of sp³-hybridized carbons (Fsp3) is 0. The van der Waals surface area contributed by atoms with Crippen molar-refractivity contribution in [2.24, 2.45) is 0 Å². The summed E-state index contributed by atoms with van der Waals surface area (Å²) in [6, 6.07) is 11.4. The number of hydrogen-bond donors (Lipinski definition) is 1. The first-order valence-electron chi connectivity index (χ1n) is 5.52. The SMILES string of the molecule is O=C(Nc1ccncc1)c1csc2ccccc12. The first-order chi connectivity index (χ1) is 8.84. The smallest absolute Gasteiger partial charge is 0.257 e. The Morgan fingerprint density at radius 3 is 2.72 bits per heavy atom. The molecule has 0 bridgehead atoms.